The molecular weight excluding hydrogens is 159 g/mol. The molecule has 0 fully saturated rings. The van der Waals surface area contributed by atoms with E-state index in [-0.39, 0.29) is 5.76 Å². The number of alkyl halides is 1. The van der Waals surface area contributed by atoms with Gasteiger partial charge in [0.05, 0.1) is 5.76 Å². The molecule has 0 aromatic carbocycles. The summed E-state index contributed by atoms with van der Waals surface area (Å²) in [5.41, 5.74) is 0. The molecule has 0 saturated carbocycles. The Hall–Kier alpha value is -0.830. The number of aliphatic hydroxyl groups excluding tert-OH is 1. The fourth-order valence-electron chi connectivity index (χ4n) is 0.718. The van der Waals surface area contributed by atoms with Crippen LogP contribution in [-0.4, -0.2) is 17.4 Å². The summed E-state index contributed by atoms with van der Waals surface area (Å²) in [6, 6.07) is 0. The highest BCUT2D eigenvalue weighted by Crippen LogP contribution is 2.13. The van der Waals surface area contributed by atoms with E-state index >= 15 is 0 Å². The first-order chi connectivity index (χ1) is 5.49. The maximum absolute atomic E-state index is 12.6. The van der Waals surface area contributed by atoms with Gasteiger partial charge in [-0.15, -0.1) is 0 Å². The summed E-state index contributed by atoms with van der Waals surface area (Å²) in [5.74, 6) is 0.639. The first-order valence-electron chi connectivity index (χ1n) is 3.80. The van der Waals surface area contributed by atoms with Crippen molar-refractivity contribution in [2.45, 2.75) is 33.0 Å². The zero-order valence-corrected chi connectivity index (χ0v) is 7.67. The van der Waals surface area contributed by atoms with Gasteiger partial charge in [0.25, 0.3) is 0 Å². The predicted molar refractivity (Wildman–Crippen MR) is 46.2 cm³/mol. The Kier molecular flexibility index (Phi) is 4.59. The van der Waals surface area contributed by atoms with Crippen molar-refractivity contribution < 1.29 is 14.2 Å². The highest BCUT2D eigenvalue weighted by atomic mass is 19.1. The summed E-state index contributed by atoms with van der Waals surface area (Å²) in [7, 11) is 0. The second-order valence-electron chi connectivity index (χ2n) is 2.62. The lowest BCUT2D eigenvalue weighted by atomic mass is 10.2. The number of hydrogen-bond donors (Lipinski definition) is 1. The molecule has 2 atom stereocenters. The molecule has 1 N–H and O–H groups in total. The van der Waals surface area contributed by atoms with E-state index in [2.05, 4.69) is 6.58 Å². The minimum atomic E-state index is -1.34. The number of aliphatic hydroxyl groups is 1. The molecule has 0 radical (unpaired) electrons. The summed E-state index contributed by atoms with van der Waals surface area (Å²) in [4.78, 5) is 0. The van der Waals surface area contributed by atoms with E-state index in [1.165, 1.54) is 13.0 Å². The summed E-state index contributed by atoms with van der Waals surface area (Å²) in [5, 5.41) is 9.23. The zero-order chi connectivity index (χ0) is 9.72. The fourth-order valence-corrected chi connectivity index (χ4v) is 0.718. The lowest BCUT2D eigenvalue weighted by molar-refractivity contribution is 0.0699. The van der Waals surface area contributed by atoms with Crippen molar-refractivity contribution in [1.82, 2.24) is 0 Å². The molecule has 0 rings (SSSR count). The van der Waals surface area contributed by atoms with Gasteiger partial charge in [0.15, 0.2) is 0 Å². The van der Waals surface area contributed by atoms with Crippen molar-refractivity contribution >= 4 is 0 Å². The monoisotopic (exact) mass is 174 g/mol. The molecule has 0 heterocycles. The van der Waals surface area contributed by atoms with Crippen LogP contribution < -0.4 is 0 Å². The van der Waals surface area contributed by atoms with Crippen LogP contribution in [0.5, 0.6) is 0 Å². The van der Waals surface area contributed by atoms with Crippen molar-refractivity contribution in [2.75, 3.05) is 0 Å². The molecule has 0 saturated heterocycles. The maximum atomic E-state index is 12.6. The van der Waals surface area contributed by atoms with E-state index in [1.807, 2.05) is 0 Å². The van der Waals surface area contributed by atoms with Gasteiger partial charge in [-0.1, -0.05) is 6.58 Å². The SMILES string of the molecule is C=C(C)O/C(=C\C)C(O)C(C)F. The molecule has 3 heteroatoms. The molecule has 0 amide bonds. The lowest BCUT2D eigenvalue weighted by Crippen LogP contribution is -2.22. The van der Waals surface area contributed by atoms with Crippen molar-refractivity contribution in [1.29, 1.82) is 0 Å². The minimum Gasteiger partial charge on any atom is -0.464 e. The third kappa shape index (κ3) is 3.53. The fraction of sp³-hybridized carbons (Fsp3) is 0.556. The Balaban J connectivity index is 4.27. The molecule has 0 spiro atoms. The topological polar surface area (TPSA) is 29.5 Å². The van der Waals surface area contributed by atoms with E-state index in [1.54, 1.807) is 13.8 Å². The normalized spacial score (nSPS) is 16.9. The average Bonchev–Trinajstić information content (AvgIpc) is 1.98. The summed E-state index contributed by atoms with van der Waals surface area (Å²) in [6.07, 6.45) is -1.02. The first-order valence-corrected chi connectivity index (χ1v) is 3.80. The third-order valence-electron chi connectivity index (χ3n) is 1.30. The second-order valence-corrected chi connectivity index (χ2v) is 2.62. The van der Waals surface area contributed by atoms with Gasteiger partial charge in [-0.25, -0.2) is 4.39 Å². The van der Waals surface area contributed by atoms with Crippen LogP contribution in [0.1, 0.15) is 20.8 Å². The Bertz CT molecular complexity index is 185. The summed E-state index contributed by atoms with van der Waals surface area (Å²) in [6.45, 7) is 8.07. The van der Waals surface area contributed by atoms with Crippen molar-refractivity contribution in [2.24, 2.45) is 0 Å². The largest absolute Gasteiger partial charge is 0.464 e. The molecule has 0 bridgehead atoms. The van der Waals surface area contributed by atoms with Gasteiger partial charge in [0, 0.05) is 0 Å². The first kappa shape index (κ1) is 11.2. The van der Waals surface area contributed by atoms with Crippen LogP contribution in [-0.2, 0) is 4.74 Å². The Morgan fingerprint density at radius 2 is 2.17 bits per heavy atom. The van der Waals surface area contributed by atoms with Crippen molar-refractivity contribution in [3.8, 4) is 0 Å². The minimum absolute atomic E-state index is 0.206. The number of rotatable bonds is 4. The van der Waals surface area contributed by atoms with Crippen LogP contribution in [0.3, 0.4) is 0 Å². The van der Waals surface area contributed by atoms with E-state index in [0.29, 0.717) is 5.76 Å². The third-order valence-corrected chi connectivity index (χ3v) is 1.30. The molecule has 12 heavy (non-hydrogen) atoms. The van der Waals surface area contributed by atoms with Gasteiger partial charge in [0.1, 0.15) is 18.0 Å². The van der Waals surface area contributed by atoms with Crippen LogP contribution in [0, 0.1) is 0 Å². The second kappa shape index (κ2) is 4.93. The summed E-state index contributed by atoms with van der Waals surface area (Å²) < 4.78 is 17.6. The average molecular weight is 174 g/mol. The highest BCUT2D eigenvalue weighted by Gasteiger charge is 2.18. The summed E-state index contributed by atoms with van der Waals surface area (Å²) >= 11 is 0. The molecule has 0 aromatic heterocycles. The van der Waals surface area contributed by atoms with Gasteiger partial charge >= 0.3 is 0 Å². The molecule has 0 aliphatic carbocycles. The van der Waals surface area contributed by atoms with Gasteiger partial charge < -0.3 is 9.84 Å². The molecule has 0 aliphatic rings. The number of hydrogen-bond acceptors (Lipinski definition) is 2. The molecule has 2 nitrogen and oxygen atoms in total. The molecule has 70 valence electrons. The Morgan fingerprint density at radius 1 is 1.67 bits per heavy atom. The lowest BCUT2D eigenvalue weighted by Gasteiger charge is -2.16. The van der Waals surface area contributed by atoms with Crippen LogP contribution in [0.2, 0.25) is 0 Å². The Morgan fingerprint density at radius 3 is 2.42 bits per heavy atom. The van der Waals surface area contributed by atoms with Gasteiger partial charge in [0.2, 0.25) is 0 Å². The highest BCUT2D eigenvalue weighted by molar-refractivity contribution is 5.03. The smallest absolute Gasteiger partial charge is 0.142 e. The van der Waals surface area contributed by atoms with E-state index < -0.39 is 12.3 Å². The zero-order valence-electron chi connectivity index (χ0n) is 7.67. The quantitative estimate of drug-likeness (QED) is 0.662. The number of halogens is 1. The molecular formula is C9H15FO2. The standard InChI is InChI=1S/C9H15FO2/c1-5-8(12-6(2)3)9(11)7(4)10/h5,7,9,11H,2H2,1,3-4H3/b8-5-. The molecule has 0 aromatic rings. The maximum Gasteiger partial charge on any atom is 0.142 e. The van der Waals surface area contributed by atoms with Crippen LogP contribution in [0.25, 0.3) is 0 Å². The van der Waals surface area contributed by atoms with Gasteiger partial charge in [-0.2, -0.15) is 0 Å². The van der Waals surface area contributed by atoms with E-state index in [9.17, 15) is 9.50 Å². The van der Waals surface area contributed by atoms with Crippen molar-refractivity contribution in [3.05, 3.63) is 24.2 Å². The number of allylic oxidation sites excluding steroid dienone is 2. The number of ether oxygens (including phenoxy) is 1. The van der Waals surface area contributed by atoms with Crippen LogP contribution in [0.15, 0.2) is 24.2 Å². The van der Waals surface area contributed by atoms with Gasteiger partial charge in [-0.3, -0.25) is 0 Å². The molecule has 0 aliphatic heterocycles. The predicted octanol–water partition coefficient (Wildman–Crippen LogP) is 2.16. The Labute approximate surface area is 72.4 Å². The van der Waals surface area contributed by atoms with E-state index in [4.69, 9.17) is 4.74 Å². The molecule has 2 unspecified atom stereocenters. The van der Waals surface area contributed by atoms with Crippen LogP contribution in [0.4, 0.5) is 4.39 Å². The van der Waals surface area contributed by atoms with Crippen molar-refractivity contribution in [3.63, 3.8) is 0 Å². The van der Waals surface area contributed by atoms with E-state index in [0.717, 1.165) is 0 Å². The van der Waals surface area contributed by atoms with Gasteiger partial charge in [-0.05, 0) is 26.8 Å². The van der Waals surface area contributed by atoms with Crippen LogP contribution >= 0.6 is 0 Å².